The van der Waals surface area contributed by atoms with Gasteiger partial charge in [-0.25, -0.2) is 0 Å². The molecule has 0 saturated heterocycles. The van der Waals surface area contributed by atoms with E-state index in [1.54, 1.807) is 0 Å². The van der Waals surface area contributed by atoms with Crippen molar-refractivity contribution in [3.05, 3.63) is 42.0 Å². The minimum Gasteiger partial charge on any atom is -0.481 e. The summed E-state index contributed by atoms with van der Waals surface area (Å²) in [6.45, 7) is 5.83. The lowest BCUT2D eigenvalue weighted by molar-refractivity contribution is -0.147. The molecule has 0 radical (unpaired) electrons. The van der Waals surface area contributed by atoms with Crippen molar-refractivity contribution in [3.63, 3.8) is 0 Å². The van der Waals surface area contributed by atoms with Gasteiger partial charge in [0.15, 0.2) is 0 Å². The molecule has 16 heavy (non-hydrogen) atoms. The number of carboxylic acids is 1. The summed E-state index contributed by atoms with van der Waals surface area (Å²) in [4.78, 5) is 11.4. The van der Waals surface area contributed by atoms with Gasteiger partial charge in [-0.2, -0.15) is 0 Å². The Hall–Kier alpha value is -1.57. The van der Waals surface area contributed by atoms with Crippen LogP contribution in [0.2, 0.25) is 0 Å². The van der Waals surface area contributed by atoms with Gasteiger partial charge in [0.05, 0.1) is 5.41 Å². The van der Waals surface area contributed by atoms with Crippen molar-refractivity contribution in [2.75, 3.05) is 0 Å². The molecule has 0 amide bonds. The van der Waals surface area contributed by atoms with Crippen molar-refractivity contribution in [2.45, 2.75) is 31.6 Å². The van der Waals surface area contributed by atoms with Crippen molar-refractivity contribution in [1.29, 1.82) is 0 Å². The maximum absolute atomic E-state index is 11.4. The minimum atomic E-state index is -0.697. The van der Waals surface area contributed by atoms with E-state index in [0.29, 0.717) is 0 Å². The molecule has 0 atom stereocenters. The molecule has 0 aliphatic heterocycles. The fraction of sp³-hybridized carbons (Fsp3) is 0.357. The topological polar surface area (TPSA) is 37.3 Å². The first-order chi connectivity index (χ1) is 7.56. The average Bonchev–Trinajstić information content (AvgIpc) is 2.15. The molecule has 1 aromatic carbocycles. The van der Waals surface area contributed by atoms with Crippen molar-refractivity contribution >= 4 is 11.5 Å². The quantitative estimate of drug-likeness (QED) is 0.842. The molecular formula is C14H16O2. The van der Waals surface area contributed by atoms with Crippen LogP contribution in [0, 0.1) is 0 Å². The lowest BCUT2D eigenvalue weighted by Crippen LogP contribution is -2.42. The molecule has 2 rings (SSSR count). The molecule has 2 heteroatoms. The van der Waals surface area contributed by atoms with Gasteiger partial charge in [-0.05, 0) is 30.9 Å². The molecule has 1 saturated carbocycles. The maximum Gasteiger partial charge on any atom is 0.314 e. The number of hydrogen-bond donors (Lipinski definition) is 1. The van der Waals surface area contributed by atoms with Gasteiger partial charge >= 0.3 is 5.97 Å². The normalized spacial score (nSPS) is 17.6. The average molecular weight is 216 g/mol. The number of benzene rings is 1. The van der Waals surface area contributed by atoms with E-state index in [1.165, 1.54) is 0 Å². The summed E-state index contributed by atoms with van der Waals surface area (Å²) in [5, 5.41) is 9.34. The van der Waals surface area contributed by atoms with Crippen LogP contribution in [0.15, 0.2) is 30.8 Å². The second kappa shape index (κ2) is 3.78. The molecule has 84 valence electrons. The molecule has 0 unspecified atom stereocenters. The van der Waals surface area contributed by atoms with E-state index in [9.17, 15) is 9.90 Å². The van der Waals surface area contributed by atoms with Crippen LogP contribution in [0.1, 0.15) is 37.3 Å². The van der Waals surface area contributed by atoms with E-state index in [0.717, 1.165) is 36.0 Å². The van der Waals surface area contributed by atoms with Gasteiger partial charge < -0.3 is 5.11 Å². The van der Waals surface area contributed by atoms with E-state index in [1.807, 2.05) is 31.2 Å². The Morgan fingerprint density at radius 1 is 1.44 bits per heavy atom. The summed E-state index contributed by atoms with van der Waals surface area (Å²) in [7, 11) is 0. The molecular weight excluding hydrogens is 200 g/mol. The zero-order valence-electron chi connectivity index (χ0n) is 9.49. The summed E-state index contributed by atoms with van der Waals surface area (Å²) < 4.78 is 0. The van der Waals surface area contributed by atoms with Crippen LogP contribution in [0.25, 0.3) is 5.57 Å². The van der Waals surface area contributed by atoms with E-state index < -0.39 is 11.4 Å². The standard InChI is InChI=1S/C14H16O2/c1-10(2)11-5-3-6-12(9-11)14(13(15)16)7-4-8-14/h3,5-6,9H,1,4,7-8H2,2H3,(H,15,16). The van der Waals surface area contributed by atoms with E-state index in [2.05, 4.69) is 6.58 Å². The van der Waals surface area contributed by atoms with Gasteiger partial charge in [-0.15, -0.1) is 0 Å². The van der Waals surface area contributed by atoms with Gasteiger partial charge in [0.1, 0.15) is 0 Å². The van der Waals surface area contributed by atoms with Gasteiger partial charge in [-0.1, -0.05) is 42.8 Å². The van der Waals surface area contributed by atoms with Crippen LogP contribution in [-0.2, 0) is 10.2 Å². The largest absolute Gasteiger partial charge is 0.481 e. The highest BCUT2D eigenvalue weighted by Crippen LogP contribution is 2.44. The van der Waals surface area contributed by atoms with Crippen molar-refractivity contribution in [3.8, 4) is 0 Å². The lowest BCUT2D eigenvalue weighted by atomic mass is 9.64. The molecule has 0 heterocycles. The number of carbonyl (C=O) groups is 1. The number of rotatable bonds is 3. The molecule has 0 spiro atoms. The number of allylic oxidation sites excluding steroid dienone is 1. The van der Waals surface area contributed by atoms with E-state index >= 15 is 0 Å². The van der Waals surface area contributed by atoms with Crippen LogP contribution in [0.5, 0.6) is 0 Å². The summed E-state index contributed by atoms with van der Waals surface area (Å²) >= 11 is 0. The Kier molecular flexibility index (Phi) is 2.58. The molecule has 2 nitrogen and oxygen atoms in total. The smallest absolute Gasteiger partial charge is 0.314 e. The van der Waals surface area contributed by atoms with E-state index in [4.69, 9.17) is 0 Å². The van der Waals surface area contributed by atoms with Gasteiger partial charge in [0, 0.05) is 0 Å². The highest BCUT2D eigenvalue weighted by atomic mass is 16.4. The summed E-state index contributed by atoms with van der Waals surface area (Å²) in [6, 6.07) is 7.78. The van der Waals surface area contributed by atoms with Gasteiger partial charge in [0.25, 0.3) is 0 Å². The Labute approximate surface area is 95.6 Å². The third-order valence-corrected chi connectivity index (χ3v) is 3.52. The highest BCUT2D eigenvalue weighted by Gasteiger charge is 2.45. The predicted octanol–water partition coefficient (Wildman–Crippen LogP) is 3.23. The monoisotopic (exact) mass is 216 g/mol. The van der Waals surface area contributed by atoms with Crippen LogP contribution >= 0.6 is 0 Å². The second-order valence-corrected chi connectivity index (χ2v) is 4.60. The molecule has 1 N–H and O–H groups in total. The zero-order valence-corrected chi connectivity index (χ0v) is 9.49. The fourth-order valence-corrected chi connectivity index (χ4v) is 2.24. The first-order valence-electron chi connectivity index (χ1n) is 5.56. The Morgan fingerprint density at radius 3 is 2.56 bits per heavy atom. The van der Waals surface area contributed by atoms with Gasteiger partial charge in [0.2, 0.25) is 0 Å². The minimum absolute atomic E-state index is 0.633. The third-order valence-electron chi connectivity index (χ3n) is 3.52. The van der Waals surface area contributed by atoms with Crippen LogP contribution in [0.3, 0.4) is 0 Å². The van der Waals surface area contributed by atoms with Crippen LogP contribution in [0.4, 0.5) is 0 Å². The first kappa shape index (κ1) is 10.9. The lowest BCUT2D eigenvalue weighted by Gasteiger charge is -2.38. The molecule has 1 aliphatic carbocycles. The third kappa shape index (κ3) is 1.54. The Bertz CT molecular complexity index is 442. The fourth-order valence-electron chi connectivity index (χ4n) is 2.24. The molecule has 1 aliphatic rings. The van der Waals surface area contributed by atoms with Crippen LogP contribution in [-0.4, -0.2) is 11.1 Å². The van der Waals surface area contributed by atoms with Crippen LogP contribution < -0.4 is 0 Å². The summed E-state index contributed by atoms with van der Waals surface area (Å²) in [6.07, 6.45) is 2.51. The molecule has 0 aromatic heterocycles. The maximum atomic E-state index is 11.4. The second-order valence-electron chi connectivity index (χ2n) is 4.60. The van der Waals surface area contributed by atoms with E-state index in [-0.39, 0.29) is 0 Å². The SMILES string of the molecule is C=C(C)c1cccc(C2(C(=O)O)CCC2)c1. The van der Waals surface area contributed by atoms with Crippen molar-refractivity contribution < 1.29 is 9.90 Å². The predicted molar refractivity (Wildman–Crippen MR) is 64.3 cm³/mol. The molecule has 1 fully saturated rings. The number of carboxylic acid groups (broad SMARTS) is 1. The van der Waals surface area contributed by atoms with Gasteiger partial charge in [-0.3, -0.25) is 4.79 Å². The number of aliphatic carboxylic acids is 1. The Balaban J connectivity index is 2.43. The van der Waals surface area contributed by atoms with Crippen molar-refractivity contribution in [1.82, 2.24) is 0 Å². The summed E-state index contributed by atoms with van der Waals surface area (Å²) in [5.41, 5.74) is 2.30. The number of hydrogen-bond acceptors (Lipinski definition) is 1. The molecule has 0 bridgehead atoms. The zero-order chi connectivity index (χ0) is 11.8. The highest BCUT2D eigenvalue weighted by molar-refractivity contribution is 5.83. The Morgan fingerprint density at radius 2 is 2.12 bits per heavy atom. The molecule has 1 aromatic rings. The van der Waals surface area contributed by atoms with Crippen molar-refractivity contribution in [2.24, 2.45) is 0 Å². The first-order valence-corrected chi connectivity index (χ1v) is 5.56. The summed E-state index contributed by atoms with van der Waals surface area (Å²) in [5.74, 6) is -0.697.